The summed E-state index contributed by atoms with van der Waals surface area (Å²) in [6.07, 6.45) is 0.971. The fourth-order valence-corrected chi connectivity index (χ4v) is 5.70. The molecule has 0 radical (unpaired) electrons. The third-order valence-corrected chi connectivity index (χ3v) is 7.83. The first-order valence-electron chi connectivity index (χ1n) is 11.5. The van der Waals surface area contributed by atoms with E-state index in [1.54, 1.807) is 4.90 Å². The second kappa shape index (κ2) is 8.23. The van der Waals surface area contributed by atoms with Gasteiger partial charge in [-0.3, -0.25) is 14.4 Å². The van der Waals surface area contributed by atoms with Crippen molar-refractivity contribution in [2.24, 2.45) is 23.2 Å². The molecule has 0 aromatic heterocycles. The average Bonchev–Trinajstić information content (AvgIpc) is 3.12. The summed E-state index contributed by atoms with van der Waals surface area (Å²) >= 11 is 0. The van der Waals surface area contributed by atoms with Gasteiger partial charge in [-0.2, -0.15) is 5.26 Å². The van der Waals surface area contributed by atoms with Crippen LogP contribution in [-0.4, -0.2) is 47.8 Å². The van der Waals surface area contributed by atoms with Crippen molar-refractivity contribution in [1.82, 2.24) is 15.5 Å². The maximum Gasteiger partial charge on any atom is 0.244 e. The molecule has 1 aromatic carbocycles. The third kappa shape index (κ3) is 3.87. The SMILES string of the molecule is Cc1cccc([C@@H](C)C(=O)N2C[C@H]3[C@@H]([C@H]2C(=O)N[C@H](C#N)CC2CCNC2=O)C3(C)C)c1. The highest BCUT2D eigenvalue weighted by Crippen LogP contribution is 2.65. The van der Waals surface area contributed by atoms with Gasteiger partial charge in [-0.25, -0.2) is 0 Å². The number of carbonyl (C=O) groups is 3. The van der Waals surface area contributed by atoms with E-state index in [0.717, 1.165) is 11.1 Å². The molecule has 6 atom stereocenters. The maximum atomic E-state index is 13.5. The number of nitriles is 1. The third-order valence-electron chi connectivity index (χ3n) is 7.83. The van der Waals surface area contributed by atoms with Gasteiger partial charge in [-0.1, -0.05) is 43.7 Å². The molecule has 2 saturated heterocycles. The highest BCUT2D eigenvalue weighted by atomic mass is 16.2. The fraction of sp³-hybridized carbons (Fsp3) is 0.600. The maximum absolute atomic E-state index is 13.5. The van der Waals surface area contributed by atoms with Gasteiger partial charge in [0.25, 0.3) is 0 Å². The van der Waals surface area contributed by atoms with Gasteiger partial charge < -0.3 is 15.5 Å². The molecule has 3 amide bonds. The van der Waals surface area contributed by atoms with E-state index < -0.39 is 12.1 Å². The van der Waals surface area contributed by atoms with Crippen LogP contribution >= 0.6 is 0 Å². The molecule has 7 nitrogen and oxygen atoms in total. The van der Waals surface area contributed by atoms with Gasteiger partial charge in [0.05, 0.1) is 12.0 Å². The van der Waals surface area contributed by atoms with Crippen molar-refractivity contribution in [3.8, 4) is 6.07 Å². The number of piperidine rings is 1. The van der Waals surface area contributed by atoms with E-state index in [0.29, 0.717) is 25.9 Å². The van der Waals surface area contributed by atoms with Gasteiger partial charge in [0.15, 0.2) is 0 Å². The molecule has 7 heteroatoms. The minimum atomic E-state index is -0.747. The molecule has 2 aliphatic heterocycles. The van der Waals surface area contributed by atoms with E-state index >= 15 is 0 Å². The van der Waals surface area contributed by atoms with Crippen molar-refractivity contribution in [3.05, 3.63) is 35.4 Å². The predicted molar refractivity (Wildman–Crippen MR) is 119 cm³/mol. The highest BCUT2D eigenvalue weighted by molar-refractivity contribution is 5.92. The van der Waals surface area contributed by atoms with Crippen molar-refractivity contribution < 1.29 is 14.4 Å². The predicted octanol–water partition coefficient (Wildman–Crippen LogP) is 2.12. The van der Waals surface area contributed by atoms with Crippen LogP contribution in [0.4, 0.5) is 0 Å². The largest absolute Gasteiger partial charge is 0.356 e. The summed E-state index contributed by atoms with van der Waals surface area (Å²) in [6, 6.07) is 8.71. The van der Waals surface area contributed by atoms with E-state index in [2.05, 4.69) is 30.6 Å². The number of aryl methyl sites for hydroxylation is 1. The first-order chi connectivity index (χ1) is 15.1. The molecule has 4 rings (SSSR count). The summed E-state index contributed by atoms with van der Waals surface area (Å²) < 4.78 is 0. The summed E-state index contributed by atoms with van der Waals surface area (Å²) in [4.78, 5) is 40.4. The highest BCUT2D eigenvalue weighted by Gasteiger charge is 2.69. The van der Waals surface area contributed by atoms with Crippen LogP contribution in [0.2, 0.25) is 0 Å². The van der Waals surface area contributed by atoms with E-state index in [9.17, 15) is 19.6 Å². The number of likely N-dealkylation sites (tertiary alicyclic amines) is 1. The Morgan fingerprint density at radius 1 is 1.38 bits per heavy atom. The molecule has 1 unspecified atom stereocenters. The summed E-state index contributed by atoms with van der Waals surface area (Å²) in [6.45, 7) is 9.33. The van der Waals surface area contributed by atoms with Crippen LogP contribution < -0.4 is 10.6 Å². The minimum absolute atomic E-state index is 0.00115. The number of hydrogen-bond acceptors (Lipinski definition) is 4. The lowest BCUT2D eigenvalue weighted by molar-refractivity contribution is -0.141. The van der Waals surface area contributed by atoms with Gasteiger partial charge in [0.1, 0.15) is 12.1 Å². The molecule has 1 saturated carbocycles. The number of nitrogens with zero attached hydrogens (tertiary/aromatic N) is 2. The molecule has 3 aliphatic rings. The molecule has 1 aliphatic carbocycles. The van der Waals surface area contributed by atoms with Crippen LogP contribution in [0, 0.1) is 41.4 Å². The van der Waals surface area contributed by atoms with Gasteiger partial charge in [0.2, 0.25) is 17.7 Å². The standard InChI is InChI=1S/C25H32N4O3/c1-14-6-5-7-16(10-14)15(2)24(32)29-13-19-20(25(19,3)4)21(29)23(31)28-18(12-26)11-17-8-9-27-22(17)30/h5-7,10,15,17-21H,8-9,11,13H2,1-4H3,(H,27,30)(H,28,31)/t15-,17?,18+,19+,20+,21+/m1/s1. The molecule has 2 N–H and O–H groups in total. The zero-order valence-electron chi connectivity index (χ0n) is 19.2. The Bertz CT molecular complexity index is 982. The molecule has 1 aromatic rings. The van der Waals surface area contributed by atoms with Crippen molar-refractivity contribution in [1.29, 1.82) is 5.26 Å². The lowest BCUT2D eigenvalue weighted by atomic mass is 9.94. The molecular weight excluding hydrogens is 404 g/mol. The molecule has 2 heterocycles. The van der Waals surface area contributed by atoms with E-state index in [1.165, 1.54) is 0 Å². The average molecular weight is 437 g/mol. The quantitative estimate of drug-likeness (QED) is 0.713. The lowest BCUT2D eigenvalue weighted by Gasteiger charge is -2.32. The van der Waals surface area contributed by atoms with Crippen molar-refractivity contribution in [3.63, 3.8) is 0 Å². The Hall–Kier alpha value is -2.88. The molecular formula is C25H32N4O3. The Labute approximate surface area is 189 Å². The van der Waals surface area contributed by atoms with Gasteiger partial charge >= 0.3 is 0 Å². The van der Waals surface area contributed by atoms with Crippen LogP contribution in [0.1, 0.15) is 50.7 Å². The van der Waals surface area contributed by atoms with E-state index in [1.807, 2.05) is 38.1 Å². The summed E-state index contributed by atoms with van der Waals surface area (Å²) in [7, 11) is 0. The van der Waals surface area contributed by atoms with Gasteiger partial charge in [-0.05, 0) is 49.5 Å². The summed E-state index contributed by atoms with van der Waals surface area (Å²) in [5, 5.41) is 15.2. The second-order valence-corrected chi connectivity index (χ2v) is 10.2. The second-order valence-electron chi connectivity index (χ2n) is 10.2. The van der Waals surface area contributed by atoms with Gasteiger partial charge in [0, 0.05) is 19.0 Å². The Balaban J connectivity index is 1.50. The smallest absolute Gasteiger partial charge is 0.244 e. The Kier molecular flexibility index (Phi) is 5.74. The molecule has 3 fully saturated rings. The van der Waals surface area contributed by atoms with Crippen LogP contribution in [0.3, 0.4) is 0 Å². The topological polar surface area (TPSA) is 102 Å². The molecule has 32 heavy (non-hydrogen) atoms. The van der Waals surface area contributed by atoms with Crippen molar-refractivity contribution in [2.45, 2.75) is 58.5 Å². The first-order valence-corrected chi connectivity index (χ1v) is 11.5. The molecule has 170 valence electrons. The minimum Gasteiger partial charge on any atom is -0.356 e. The Morgan fingerprint density at radius 3 is 2.75 bits per heavy atom. The summed E-state index contributed by atoms with van der Waals surface area (Å²) in [5.41, 5.74) is 2.03. The number of hydrogen-bond donors (Lipinski definition) is 2. The first kappa shape index (κ1) is 22.3. The molecule has 0 spiro atoms. The lowest BCUT2D eigenvalue weighted by Crippen LogP contribution is -2.53. The van der Waals surface area contributed by atoms with Crippen molar-refractivity contribution in [2.75, 3.05) is 13.1 Å². The van der Waals surface area contributed by atoms with Crippen LogP contribution in [0.15, 0.2) is 24.3 Å². The fourth-order valence-electron chi connectivity index (χ4n) is 5.70. The van der Waals surface area contributed by atoms with Crippen molar-refractivity contribution >= 4 is 17.7 Å². The van der Waals surface area contributed by atoms with E-state index in [-0.39, 0.29) is 46.8 Å². The van der Waals surface area contributed by atoms with Crippen LogP contribution in [0.5, 0.6) is 0 Å². The molecule has 0 bridgehead atoms. The zero-order chi connectivity index (χ0) is 23.2. The number of rotatable bonds is 6. The Morgan fingerprint density at radius 2 is 2.12 bits per heavy atom. The number of carbonyl (C=O) groups excluding carboxylic acids is 3. The number of amides is 3. The number of nitrogens with one attached hydrogen (secondary N) is 2. The number of benzene rings is 1. The monoisotopic (exact) mass is 436 g/mol. The van der Waals surface area contributed by atoms with Crippen LogP contribution in [-0.2, 0) is 14.4 Å². The number of fused-ring (bicyclic) bond motifs is 1. The van der Waals surface area contributed by atoms with Gasteiger partial charge in [-0.15, -0.1) is 0 Å². The summed E-state index contributed by atoms with van der Waals surface area (Å²) in [5.74, 6) is -0.626. The normalized spacial score (nSPS) is 29.5. The van der Waals surface area contributed by atoms with Crippen LogP contribution in [0.25, 0.3) is 0 Å². The zero-order valence-corrected chi connectivity index (χ0v) is 19.2. The van der Waals surface area contributed by atoms with E-state index in [4.69, 9.17) is 0 Å².